The molecular weight excluding hydrogens is 402 g/mol. The second-order valence-corrected chi connectivity index (χ2v) is 9.61. The van der Waals surface area contributed by atoms with Crippen molar-refractivity contribution < 1.29 is 18.0 Å². The normalized spacial score (nSPS) is 15.5. The van der Waals surface area contributed by atoms with Gasteiger partial charge in [-0.25, -0.2) is 8.42 Å². The predicted octanol–water partition coefficient (Wildman–Crippen LogP) is 1.82. The lowest BCUT2D eigenvalue weighted by atomic mass is 10.0. The summed E-state index contributed by atoms with van der Waals surface area (Å²) in [6.45, 7) is 2.55. The first kappa shape index (κ1) is 22.0. The highest BCUT2D eigenvalue weighted by atomic mass is 32.2. The van der Waals surface area contributed by atoms with Gasteiger partial charge in [0.05, 0.1) is 0 Å². The van der Waals surface area contributed by atoms with Crippen LogP contribution in [0.5, 0.6) is 0 Å². The topological polar surface area (TPSA) is 95.6 Å². The molecule has 1 heterocycles. The van der Waals surface area contributed by atoms with Crippen molar-refractivity contribution >= 4 is 27.3 Å². The maximum atomic E-state index is 12.2. The molecule has 0 aromatic heterocycles. The van der Waals surface area contributed by atoms with Crippen LogP contribution in [0.4, 0.5) is 5.69 Å². The highest BCUT2D eigenvalue weighted by molar-refractivity contribution is 7.92. The number of carbonyl (C=O) groups excluding carboxylic acids is 2. The van der Waals surface area contributed by atoms with Gasteiger partial charge < -0.3 is 10.6 Å². The molecule has 0 unspecified atom stereocenters. The monoisotopic (exact) mass is 429 g/mol. The van der Waals surface area contributed by atoms with Crippen molar-refractivity contribution in [2.75, 3.05) is 29.9 Å². The smallest absolute Gasteiger partial charge is 0.239 e. The molecule has 30 heavy (non-hydrogen) atoms. The van der Waals surface area contributed by atoms with Gasteiger partial charge in [0.25, 0.3) is 0 Å². The standard InChI is InChI=1S/C22H27N3O4S/c26-21(23-19-9-5-2-6-10-19)16-30(28,29)17-22(27)24-20-11-13-25(14-12-20)15-18-7-3-1-4-8-18/h1-10,20H,11-17H2,(H,23,26)(H,24,27). The van der Waals surface area contributed by atoms with Gasteiger partial charge in [0.2, 0.25) is 11.8 Å². The minimum atomic E-state index is -3.84. The Morgan fingerprint density at radius 3 is 2.07 bits per heavy atom. The maximum Gasteiger partial charge on any atom is 0.239 e. The number of nitrogens with one attached hydrogen (secondary N) is 2. The number of sulfone groups is 1. The number of benzene rings is 2. The van der Waals surface area contributed by atoms with Crippen molar-refractivity contribution in [1.29, 1.82) is 0 Å². The highest BCUT2D eigenvalue weighted by Gasteiger charge is 2.25. The third-order valence-electron chi connectivity index (χ3n) is 4.96. The van der Waals surface area contributed by atoms with E-state index in [2.05, 4.69) is 27.7 Å². The van der Waals surface area contributed by atoms with Gasteiger partial charge >= 0.3 is 0 Å². The van der Waals surface area contributed by atoms with Crippen LogP contribution in [0.15, 0.2) is 60.7 Å². The lowest BCUT2D eigenvalue weighted by Gasteiger charge is -2.32. The zero-order valence-electron chi connectivity index (χ0n) is 16.8. The van der Waals surface area contributed by atoms with E-state index in [-0.39, 0.29) is 6.04 Å². The van der Waals surface area contributed by atoms with Crippen LogP contribution in [-0.2, 0) is 26.0 Å². The molecule has 0 radical (unpaired) electrons. The Bertz CT molecular complexity index is 941. The molecule has 0 spiro atoms. The van der Waals surface area contributed by atoms with Gasteiger partial charge in [0.15, 0.2) is 9.84 Å². The molecule has 1 aliphatic rings. The van der Waals surface area contributed by atoms with Gasteiger partial charge in [-0.05, 0) is 30.5 Å². The summed E-state index contributed by atoms with van der Waals surface area (Å²) in [7, 11) is -3.84. The third-order valence-corrected chi connectivity index (χ3v) is 6.37. The molecule has 8 heteroatoms. The number of para-hydroxylation sites is 1. The summed E-state index contributed by atoms with van der Waals surface area (Å²) < 4.78 is 24.4. The summed E-state index contributed by atoms with van der Waals surface area (Å²) in [6.07, 6.45) is 1.54. The van der Waals surface area contributed by atoms with E-state index in [4.69, 9.17) is 0 Å². The van der Waals surface area contributed by atoms with Crippen LogP contribution >= 0.6 is 0 Å². The predicted molar refractivity (Wildman–Crippen MR) is 117 cm³/mol. The molecule has 7 nitrogen and oxygen atoms in total. The van der Waals surface area contributed by atoms with Crippen LogP contribution in [0.3, 0.4) is 0 Å². The first-order valence-electron chi connectivity index (χ1n) is 10.0. The van der Waals surface area contributed by atoms with Crippen molar-refractivity contribution in [1.82, 2.24) is 10.2 Å². The van der Waals surface area contributed by atoms with E-state index in [0.717, 1.165) is 32.5 Å². The van der Waals surface area contributed by atoms with E-state index in [1.165, 1.54) is 5.56 Å². The van der Waals surface area contributed by atoms with Crippen LogP contribution in [0, 0.1) is 0 Å². The molecule has 0 atom stereocenters. The number of hydrogen-bond acceptors (Lipinski definition) is 5. The van der Waals surface area contributed by atoms with Crippen LogP contribution < -0.4 is 10.6 Å². The quantitative estimate of drug-likeness (QED) is 0.667. The number of piperidine rings is 1. The molecule has 3 rings (SSSR count). The molecule has 0 saturated carbocycles. The Balaban J connectivity index is 1.40. The molecule has 0 aliphatic carbocycles. The number of amides is 2. The molecule has 160 valence electrons. The van der Waals surface area contributed by atoms with Gasteiger partial charge in [-0.3, -0.25) is 14.5 Å². The minimum absolute atomic E-state index is 0.0436. The van der Waals surface area contributed by atoms with E-state index in [1.807, 2.05) is 18.2 Å². The van der Waals surface area contributed by atoms with Crippen molar-refractivity contribution in [2.24, 2.45) is 0 Å². The second kappa shape index (κ2) is 10.4. The zero-order valence-corrected chi connectivity index (χ0v) is 17.6. The average molecular weight is 430 g/mol. The molecule has 0 bridgehead atoms. The summed E-state index contributed by atoms with van der Waals surface area (Å²) >= 11 is 0. The van der Waals surface area contributed by atoms with Crippen LogP contribution in [0.1, 0.15) is 18.4 Å². The number of likely N-dealkylation sites (tertiary alicyclic amines) is 1. The molecular formula is C22H27N3O4S. The lowest BCUT2D eigenvalue weighted by Crippen LogP contribution is -2.46. The van der Waals surface area contributed by atoms with Crippen LogP contribution in [0.25, 0.3) is 0 Å². The highest BCUT2D eigenvalue weighted by Crippen LogP contribution is 2.14. The van der Waals surface area contributed by atoms with Crippen LogP contribution in [0.2, 0.25) is 0 Å². The van der Waals surface area contributed by atoms with Gasteiger partial charge in [0.1, 0.15) is 11.5 Å². The molecule has 2 aromatic carbocycles. The Kier molecular flexibility index (Phi) is 7.59. The fourth-order valence-corrected chi connectivity index (χ4v) is 4.57. The largest absolute Gasteiger partial charge is 0.352 e. The number of hydrogen-bond donors (Lipinski definition) is 2. The molecule has 1 aliphatic heterocycles. The summed E-state index contributed by atoms with van der Waals surface area (Å²) in [4.78, 5) is 26.5. The lowest BCUT2D eigenvalue weighted by molar-refractivity contribution is -0.119. The van der Waals surface area contributed by atoms with Crippen molar-refractivity contribution in [3.05, 3.63) is 66.2 Å². The Labute approximate surface area is 177 Å². The number of rotatable bonds is 8. The third kappa shape index (κ3) is 7.27. The molecule has 2 amide bonds. The van der Waals surface area contributed by atoms with Crippen molar-refractivity contribution in [2.45, 2.75) is 25.4 Å². The average Bonchev–Trinajstić information content (AvgIpc) is 2.70. The minimum Gasteiger partial charge on any atom is -0.352 e. The fourth-order valence-electron chi connectivity index (χ4n) is 3.52. The summed E-state index contributed by atoms with van der Waals surface area (Å²) in [5, 5.41) is 5.33. The Hall–Kier alpha value is -2.71. The molecule has 1 fully saturated rings. The van der Waals surface area contributed by atoms with Gasteiger partial charge in [-0.1, -0.05) is 48.5 Å². The molecule has 2 aromatic rings. The Morgan fingerprint density at radius 2 is 1.43 bits per heavy atom. The van der Waals surface area contributed by atoms with E-state index in [9.17, 15) is 18.0 Å². The zero-order chi connectivity index (χ0) is 21.4. The van der Waals surface area contributed by atoms with Gasteiger partial charge in [-0.2, -0.15) is 0 Å². The first-order chi connectivity index (χ1) is 14.4. The van der Waals surface area contributed by atoms with E-state index in [1.54, 1.807) is 30.3 Å². The summed E-state index contributed by atoms with van der Waals surface area (Å²) in [5.74, 6) is -2.60. The molecule has 1 saturated heterocycles. The number of carbonyl (C=O) groups is 2. The summed E-state index contributed by atoms with van der Waals surface area (Å²) in [6, 6.07) is 18.8. The summed E-state index contributed by atoms with van der Waals surface area (Å²) in [5.41, 5.74) is 1.77. The Morgan fingerprint density at radius 1 is 0.867 bits per heavy atom. The molecule has 2 N–H and O–H groups in total. The van der Waals surface area contributed by atoms with Gasteiger partial charge in [0, 0.05) is 31.4 Å². The van der Waals surface area contributed by atoms with E-state index in [0.29, 0.717) is 5.69 Å². The van der Waals surface area contributed by atoms with Crippen LogP contribution in [-0.4, -0.2) is 55.8 Å². The van der Waals surface area contributed by atoms with E-state index < -0.39 is 33.2 Å². The fraction of sp³-hybridized carbons (Fsp3) is 0.364. The number of nitrogens with zero attached hydrogens (tertiary/aromatic N) is 1. The maximum absolute atomic E-state index is 12.2. The SMILES string of the molecule is O=C(CS(=O)(=O)CC(=O)NC1CCN(Cc2ccccc2)CC1)Nc1ccccc1. The number of anilines is 1. The van der Waals surface area contributed by atoms with Crippen molar-refractivity contribution in [3.8, 4) is 0 Å². The second-order valence-electron chi connectivity index (χ2n) is 7.55. The van der Waals surface area contributed by atoms with Crippen molar-refractivity contribution in [3.63, 3.8) is 0 Å². The first-order valence-corrected chi connectivity index (χ1v) is 11.8. The van der Waals surface area contributed by atoms with E-state index >= 15 is 0 Å². The van der Waals surface area contributed by atoms with Gasteiger partial charge in [-0.15, -0.1) is 0 Å².